The fraction of sp³-hybridized carbons (Fsp3) is 0.364. The summed E-state index contributed by atoms with van der Waals surface area (Å²) in [5.41, 5.74) is 3.43. The molecule has 3 aromatic rings. The number of hydrogen-bond donors (Lipinski definition) is 1. The molecule has 156 valence electrons. The van der Waals surface area contributed by atoms with Crippen molar-refractivity contribution in [3.63, 3.8) is 0 Å². The van der Waals surface area contributed by atoms with Gasteiger partial charge in [0.1, 0.15) is 5.75 Å². The number of pyridine rings is 1. The van der Waals surface area contributed by atoms with Gasteiger partial charge in [-0.3, -0.25) is 4.98 Å². The molecule has 2 heterocycles. The van der Waals surface area contributed by atoms with Gasteiger partial charge in [-0.25, -0.2) is 4.79 Å². The number of nitrogens with zero attached hydrogens (tertiary/aromatic N) is 4. The van der Waals surface area contributed by atoms with Gasteiger partial charge in [0, 0.05) is 49.3 Å². The second kappa shape index (κ2) is 8.94. The number of anilines is 1. The molecule has 1 aromatic carbocycles. The predicted octanol–water partition coefficient (Wildman–Crippen LogP) is 4.29. The second-order valence-electron chi connectivity index (χ2n) is 7.65. The molecule has 8 heteroatoms. The summed E-state index contributed by atoms with van der Waals surface area (Å²) in [5, 5.41) is 10.7. The van der Waals surface area contributed by atoms with Gasteiger partial charge in [0.05, 0.1) is 5.56 Å². The number of benzene rings is 1. The summed E-state index contributed by atoms with van der Waals surface area (Å²) in [4.78, 5) is 18.7. The van der Waals surface area contributed by atoms with E-state index in [2.05, 4.69) is 20.5 Å². The smallest absolute Gasteiger partial charge is 0.412 e. The maximum Gasteiger partial charge on any atom is 0.412 e. The van der Waals surface area contributed by atoms with Crippen LogP contribution in [0.5, 0.6) is 5.75 Å². The third kappa shape index (κ3) is 4.59. The van der Waals surface area contributed by atoms with Gasteiger partial charge in [0.25, 0.3) is 0 Å². The molecule has 4 rings (SSSR count). The molecule has 1 amide bonds. The van der Waals surface area contributed by atoms with Crippen LogP contribution in [0.1, 0.15) is 32.1 Å². The van der Waals surface area contributed by atoms with Crippen molar-refractivity contribution in [1.29, 1.82) is 0 Å². The molecule has 0 atom stereocenters. The van der Waals surface area contributed by atoms with E-state index in [0.717, 1.165) is 48.1 Å². The van der Waals surface area contributed by atoms with Crippen LogP contribution >= 0.6 is 0 Å². The first kappa shape index (κ1) is 19.9. The number of rotatable bonds is 5. The number of nitrogens with one attached hydrogen (secondary N) is 1. The molecule has 0 radical (unpaired) electrons. The number of amides is 1. The molecular formula is C22H25N5O3. The first-order valence-electron chi connectivity index (χ1n) is 10.1. The van der Waals surface area contributed by atoms with Gasteiger partial charge in [0.2, 0.25) is 12.3 Å². The third-order valence-corrected chi connectivity index (χ3v) is 5.24. The molecule has 8 nitrogen and oxygen atoms in total. The van der Waals surface area contributed by atoms with Crippen molar-refractivity contribution in [3.8, 4) is 28.3 Å². The number of ether oxygens (including phenoxy) is 1. The van der Waals surface area contributed by atoms with E-state index >= 15 is 0 Å². The van der Waals surface area contributed by atoms with Crippen LogP contribution in [-0.2, 0) is 0 Å². The molecule has 0 aliphatic heterocycles. The van der Waals surface area contributed by atoms with Crippen molar-refractivity contribution in [3.05, 3.63) is 43.1 Å². The summed E-state index contributed by atoms with van der Waals surface area (Å²) in [7, 11) is 3.93. The van der Waals surface area contributed by atoms with Gasteiger partial charge in [-0.05, 0) is 37.1 Å². The summed E-state index contributed by atoms with van der Waals surface area (Å²) in [5.74, 6) is 0.877. The van der Waals surface area contributed by atoms with Gasteiger partial charge in [-0.1, -0.05) is 19.3 Å². The molecule has 1 N–H and O–H groups in total. The Morgan fingerprint density at radius 1 is 1.13 bits per heavy atom. The summed E-state index contributed by atoms with van der Waals surface area (Å²) < 4.78 is 10.9. The summed E-state index contributed by atoms with van der Waals surface area (Å²) in [6, 6.07) is 7.70. The molecule has 30 heavy (non-hydrogen) atoms. The maximum absolute atomic E-state index is 12.4. The fourth-order valence-corrected chi connectivity index (χ4v) is 3.75. The van der Waals surface area contributed by atoms with E-state index in [4.69, 9.17) is 9.15 Å². The Bertz CT molecular complexity index is 998. The van der Waals surface area contributed by atoms with Crippen LogP contribution in [0.15, 0.2) is 47.5 Å². The molecule has 1 aliphatic rings. The van der Waals surface area contributed by atoms with Crippen LogP contribution in [0, 0.1) is 0 Å². The van der Waals surface area contributed by atoms with Gasteiger partial charge >= 0.3 is 6.09 Å². The van der Waals surface area contributed by atoms with E-state index in [1.165, 1.54) is 12.8 Å². The number of carbonyl (C=O) groups excluding carboxylic acids is 1. The van der Waals surface area contributed by atoms with Crippen LogP contribution in [-0.4, -0.2) is 41.4 Å². The molecule has 0 bridgehead atoms. The molecule has 2 aromatic heterocycles. The number of hydrogen-bond acceptors (Lipinski definition) is 7. The van der Waals surface area contributed by atoms with Crippen LogP contribution in [0.4, 0.5) is 10.5 Å². The quantitative estimate of drug-likeness (QED) is 0.674. The van der Waals surface area contributed by atoms with Crippen molar-refractivity contribution in [2.45, 2.75) is 38.1 Å². The van der Waals surface area contributed by atoms with Crippen LogP contribution in [0.3, 0.4) is 0 Å². The first-order valence-corrected chi connectivity index (χ1v) is 10.1. The van der Waals surface area contributed by atoms with Crippen molar-refractivity contribution < 1.29 is 13.9 Å². The molecular weight excluding hydrogens is 382 g/mol. The molecule has 1 saturated carbocycles. The van der Waals surface area contributed by atoms with E-state index < -0.39 is 6.09 Å². The maximum atomic E-state index is 12.4. The zero-order valence-electron chi connectivity index (χ0n) is 17.2. The first-order chi connectivity index (χ1) is 14.6. The van der Waals surface area contributed by atoms with Crippen molar-refractivity contribution in [1.82, 2.24) is 20.5 Å². The Morgan fingerprint density at radius 3 is 2.67 bits per heavy atom. The highest BCUT2D eigenvalue weighted by Gasteiger charge is 2.18. The Morgan fingerprint density at radius 2 is 1.93 bits per heavy atom. The predicted molar refractivity (Wildman–Crippen MR) is 113 cm³/mol. The minimum Gasteiger partial charge on any atom is -0.423 e. The minimum absolute atomic E-state index is 0.196. The standard InChI is InChI=1S/C22H25N5O3/c1-27(2)20-9-8-18(30-22(28)25-17-6-4-3-5-7-17)11-19(20)15-10-16(13-23-12-15)21-26-24-14-29-21/h8-14,17H,3-7H2,1-2H3,(H,25,28). The van der Waals surface area contributed by atoms with Crippen LogP contribution in [0.2, 0.25) is 0 Å². The Kier molecular flexibility index (Phi) is 5.92. The summed E-state index contributed by atoms with van der Waals surface area (Å²) >= 11 is 0. The lowest BCUT2D eigenvalue weighted by atomic mass is 9.96. The van der Waals surface area contributed by atoms with Gasteiger partial charge in [-0.2, -0.15) is 0 Å². The normalized spacial score (nSPS) is 14.3. The average molecular weight is 407 g/mol. The lowest BCUT2D eigenvalue weighted by molar-refractivity contribution is 0.192. The Labute approximate surface area is 175 Å². The highest BCUT2D eigenvalue weighted by molar-refractivity contribution is 5.82. The van der Waals surface area contributed by atoms with Crippen LogP contribution in [0.25, 0.3) is 22.6 Å². The fourth-order valence-electron chi connectivity index (χ4n) is 3.75. The molecule has 0 saturated heterocycles. The van der Waals surface area contributed by atoms with E-state index in [0.29, 0.717) is 11.6 Å². The number of aromatic nitrogens is 3. The molecule has 1 fully saturated rings. The van der Waals surface area contributed by atoms with Crippen molar-refractivity contribution >= 4 is 11.8 Å². The zero-order valence-corrected chi connectivity index (χ0v) is 17.2. The third-order valence-electron chi connectivity index (χ3n) is 5.24. The van der Waals surface area contributed by atoms with Gasteiger partial charge in [0.15, 0.2) is 0 Å². The van der Waals surface area contributed by atoms with Crippen molar-refractivity contribution in [2.75, 3.05) is 19.0 Å². The molecule has 0 unspecified atom stereocenters. The van der Waals surface area contributed by atoms with Crippen molar-refractivity contribution in [2.24, 2.45) is 0 Å². The zero-order chi connectivity index (χ0) is 20.9. The lowest BCUT2D eigenvalue weighted by Crippen LogP contribution is -2.38. The van der Waals surface area contributed by atoms with Gasteiger partial charge < -0.3 is 19.4 Å². The monoisotopic (exact) mass is 407 g/mol. The molecule has 1 aliphatic carbocycles. The second-order valence-corrected chi connectivity index (χ2v) is 7.65. The lowest BCUT2D eigenvalue weighted by Gasteiger charge is -2.22. The van der Waals surface area contributed by atoms with E-state index in [1.54, 1.807) is 18.5 Å². The summed E-state index contributed by atoms with van der Waals surface area (Å²) in [6.45, 7) is 0. The largest absolute Gasteiger partial charge is 0.423 e. The van der Waals surface area contributed by atoms with E-state index in [1.807, 2.05) is 37.2 Å². The van der Waals surface area contributed by atoms with Gasteiger partial charge in [-0.15, -0.1) is 10.2 Å². The SMILES string of the molecule is CN(C)c1ccc(OC(=O)NC2CCCCC2)cc1-c1cncc(-c2nnco2)c1. The number of carbonyl (C=O) groups is 1. The van der Waals surface area contributed by atoms with E-state index in [9.17, 15) is 4.79 Å². The topological polar surface area (TPSA) is 93.4 Å². The Hall–Kier alpha value is -3.42. The average Bonchev–Trinajstić information content (AvgIpc) is 3.29. The highest BCUT2D eigenvalue weighted by Crippen LogP contribution is 2.34. The van der Waals surface area contributed by atoms with E-state index in [-0.39, 0.29) is 6.04 Å². The van der Waals surface area contributed by atoms with Crippen LogP contribution < -0.4 is 15.0 Å². The molecule has 0 spiro atoms. The minimum atomic E-state index is -0.414. The highest BCUT2D eigenvalue weighted by atomic mass is 16.6. The summed E-state index contributed by atoms with van der Waals surface area (Å²) in [6.07, 6.45) is 9.85. The Balaban J connectivity index is 1.59.